The number of ether oxygens (including phenoxy) is 1. The molecular weight excluding hydrogens is 410 g/mol. The number of fused-ring (bicyclic) bond motifs is 3. The van der Waals surface area contributed by atoms with Crippen LogP contribution in [-0.4, -0.2) is 11.2 Å². The number of nitrogens with zero attached hydrogens (tertiary/aromatic N) is 1. The summed E-state index contributed by atoms with van der Waals surface area (Å²) in [5.41, 5.74) is 2.59. The molecule has 0 amide bonds. The molecule has 4 aromatic rings. The van der Waals surface area contributed by atoms with Crippen molar-refractivity contribution in [2.75, 3.05) is 6.61 Å². The Balaban J connectivity index is 1.43. The lowest BCUT2D eigenvalue weighted by Crippen LogP contribution is -2.02. The van der Waals surface area contributed by atoms with Gasteiger partial charge >= 0.3 is 0 Å². The van der Waals surface area contributed by atoms with E-state index in [1.165, 1.54) is 21.8 Å². The molecule has 1 heterocycles. The molecule has 0 aliphatic rings. The number of aromatic nitrogens is 1. The Morgan fingerprint density at radius 3 is 2.15 bits per heavy atom. The van der Waals surface area contributed by atoms with Gasteiger partial charge in [-0.25, -0.2) is 0 Å². The second-order valence-electron chi connectivity index (χ2n) is 6.32. The van der Waals surface area contributed by atoms with Crippen molar-refractivity contribution >= 4 is 49.3 Å². The predicted octanol–water partition coefficient (Wildman–Crippen LogP) is 7.07. The molecule has 3 aromatic carbocycles. The molecule has 0 bridgehead atoms. The minimum Gasteiger partial charge on any atom is -0.492 e. The van der Waals surface area contributed by atoms with Crippen LogP contribution in [-0.2, 0) is 6.54 Å². The average Bonchev–Trinajstić information content (AvgIpc) is 2.97. The van der Waals surface area contributed by atoms with Crippen molar-refractivity contribution < 1.29 is 4.74 Å². The Hall–Kier alpha value is -1.97. The first kappa shape index (κ1) is 17.4. The predicted molar refractivity (Wildman–Crippen MR) is 113 cm³/mol. The van der Waals surface area contributed by atoms with Crippen molar-refractivity contribution in [3.8, 4) is 5.75 Å². The Kier molecular flexibility index (Phi) is 5.18. The van der Waals surface area contributed by atoms with E-state index in [0.717, 1.165) is 29.6 Å². The third kappa shape index (κ3) is 3.46. The van der Waals surface area contributed by atoms with E-state index < -0.39 is 0 Å². The third-order valence-corrected chi connectivity index (χ3v) is 5.40. The lowest BCUT2D eigenvalue weighted by atomic mass is 10.2. The second kappa shape index (κ2) is 7.73. The van der Waals surface area contributed by atoms with Crippen LogP contribution < -0.4 is 4.74 Å². The zero-order chi connectivity index (χ0) is 17.9. The first-order valence-corrected chi connectivity index (χ1v) is 9.95. The maximum absolute atomic E-state index is 6.20. The molecule has 26 heavy (non-hydrogen) atoms. The number of rotatable bonds is 6. The highest BCUT2D eigenvalue weighted by Crippen LogP contribution is 2.30. The summed E-state index contributed by atoms with van der Waals surface area (Å²) >= 11 is 9.60. The van der Waals surface area contributed by atoms with Crippen LogP contribution in [0, 0.1) is 0 Å². The van der Waals surface area contributed by atoms with Crippen LogP contribution in [0.4, 0.5) is 0 Å². The molecule has 0 N–H and O–H groups in total. The van der Waals surface area contributed by atoms with E-state index in [-0.39, 0.29) is 0 Å². The van der Waals surface area contributed by atoms with E-state index >= 15 is 0 Å². The SMILES string of the molecule is Clc1cc(Br)ccc1OCCCCn1c2ccccc2c2ccccc21. The molecule has 4 rings (SSSR count). The summed E-state index contributed by atoms with van der Waals surface area (Å²) in [5.74, 6) is 0.742. The lowest BCUT2D eigenvalue weighted by Gasteiger charge is -2.10. The minimum atomic E-state index is 0.641. The van der Waals surface area contributed by atoms with Crippen molar-refractivity contribution in [1.29, 1.82) is 0 Å². The Morgan fingerprint density at radius 2 is 1.50 bits per heavy atom. The van der Waals surface area contributed by atoms with Crippen LogP contribution in [0.2, 0.25) is 5.02 Å². The van der Waals surface area contributed by atoms with Gasteiger partial charge in [0.1, 0.15) is 5.75 Å². The first-order valence-electron chi connectivity index (χ1n) is 8.78. The van der Waals surface area contributed by atoms with Gasteiger partial charge in [-0.15, -0.1) is 0 Å². The van der Waals surface area contributed by atoms with Crippen molar-refractivity contribution in [3.63, 3.8) is 0 Å². The van der Waals surface area contributed by atoms with Crippen LogP contribution in [0.25, 0.3) is 21.8 Å². The summed E-state index contributed by atoms with van der Waals surface area (Å²) in [4.78, 5) is 0. The highest BCUT2D eigenvalue weighted by Gasteiger charge is 2.09. The fourth-order valence-electron chi connectivity index (χ4n) is 3.39. The molecule has 0 spiro atoms. The molecule has 0 saturated carbocycles. The Morgan fingerprint density at radius 1 is 0.846 bits per heavy atom. The summed E-state index contributed by atoms with van der Waals surface area (Å²) in [6, 6.07) is 22.9. The van der Waals surface area contributed by atoms with Gasteiger partial charge in [0.05, 0.1) is 11.6 Å². The molecule has 0 atom stereocenters. The monoisotopic (exact) mass is 427 g/mol. The summed E-state index contributed by atoms with van der Waals surface area (Å²) in [6.07, 6.45) is 2.03. The molecule has 2 nitrogen and oxygen atoms in total. The van der Waals surface area contributed by atoms with E-state index in [0.29, 0.717) is 11.6 Å². The Bertz CT molecular complexity index is 1000. The number of para-hydroxylation sites is 2. The maximum Gasteiger partial charge on any atom is 0.137 e. The smallest absolute Gasteiger partial charge is 0.137 e. The molecule has 0 unspecified atom stereocenters. The minimum absolute atomic E-state index is 0.641. The number of hydrogen-bond acceptors (Lipinski definition) is 1. The molecule has 132 valence electrons. The standard InChI is InChI=1S/C22H19BrClNO/c23-16-11-12-22(19(24)15-16)26-14-6-5-13-25-20-9-3-1-7-17(20)18-8-2-4-10-21(18)25/h1-4,7-12,15H,5-6,13-14H2. The van der Waals surface area contributed by atoms with Gasteiger partial charge in [-0.1, -0.05) is 63.9 Å². The molecule has 1 aromatic heterocycles. The average molecular weight is 429 g/mol. The van der Waals surface area contributed by atoms with Crippen molar-refractivity contribution in [1.82, 2.24) is 4.57 Å². The second-order valence-corrected chi connectivity index (χ2v) is 7.64. The summed E-state index contributed by atoms with van der Waals surface area (Å²) in [5, 5.41) is 3.28. The van der Waals surface area contributed by atoms with Gasteiger partial charge in [0.2, 0.25) is 0 Å². The van der Waals surface area contributed by atoms with Crippen LogP contribution >= 0.6 is 27.5 Å². The number of hydrogen-bond donors (Lipinski definition) is 0. The van der Waals surface area contributed by atoms with Gasteiger partial charge in [-0.3, -0.25) is 0 Å². The van der Waals surface area contributed by atoms with Gasteiger partial charge in [0.25, 0.3) is 0 Å². The topological polar surface area (TPSA) is 14.2 Å². The summed E-state index contributed by atoms with van der Waals surface area (Å²) in [6.45, 7) is 1.64. The number of benzene rings is 3. The van der Waals surface area contributed by atoms with Gasteiger partial charge in [0, 0.05) is 32.8 Å². The summed E-state index contributed by atoms with van der Waals surface area (Å²) < 4.78 is 9.20. The third-order valence-electron chi connectivity index (χ3n) is 4.61. The molecule has 0 saturated heterocycles. The van der Waals surface area contributed by atoms with E-state index in [2.05, 4.69) is 69.0 Å². The largest absolute Gasteiger partial charge is 0.492 e. The lowest BCUT2D eigenvalue weighted by molar-refractivity contribution is 0.304. The van der Waals surface area contributed by atoms with Crippen molar-refractivity contribution in [2.45, 2.75) is 19.4 Å². The molecule has 0 radical (unpaired) electrons. The number of aryl methyl sites for hydroxylation is 1. The molecule has 0 fully saturated rings. The molecule has 0 aliphatic heterocycles. The molecule has 0 aliphatic carbocycles. The fraction of sp³-hybridized carbons (Fsp3) is 0.182. The number of unbranched alkanes of at least 4 members (excludes halogenated alkanes) is 1. The summed E-state index contributed by atoms with van der Waals surface area (Å²) in [7, 11) is 0. The van der Waals surface area contributed by atoms with Crippen LogP contribution in [0.3, 0.4) is 0 Å². The van der Waals surface area contributed by atoms with Crippen molar-refractivity contribution in [3.05, 3.63) is 76.2 Å². The maximum atomic E-state index is 6.20. The zero-order valence-corrected chi connectivity index (χ0v) is 16.6. The van der Waals surface area contributed by atoms with Gasteiger partial charge in [-0.05, 0) is 43.2 Å². The normalized spacial score (nSPS) is 11.3. The number of halogens is 2. The highest BCUT2D eigenvalue weighted by atomic mass is 79.9. The van der Waals surface area contributed by atoms with Crippen LogP contribution in [0.1, 0.15) is 12.8 Å². The van der Waals surface area contributed by atoms with Crippen molar-refractivity contribution in [2.24, 2.45) is 0 Å². The fourth-order valence-corrected chi connectivity index (χ4v) is 4.12. The van der Waals surface area contributed by atoms with Gasteiger partial charge in [-0.2, -0.15) is 0 Å². The van der Waals surface area contributed by atoms with E-state index in [9.17, 15) is 0 Å². The van der Waals surface area contributed by atoms with Gasteiger partial charge in [0.15, 0.2) is 0 Å². The first-order chi connectivity index (χ1) is 12.7. The molecule has 4 heteroatoms. The van der Waals surface area contributed by atoms with Crippen LogP contribution in [0.15, 0.2) is 71.2 Å². The van der Waals surface area contributed by atoms with E-state index in [4.69, 9.17) is 16.3 Å². The highest BCUT2D eigenvalue weighted by molar-refractivity contribution is 9.10. The van der Waals surface area contributed by atoms with E-state index in [1.807, 2.05) is 18.2 Å². The zero-order valence-electron chi connectivity index (χ0n) is 14.3. The van der Waals surface area contributed by atoms with Gasteiger partial charge < -0.3 is 9.30 Å². The van der Waals surface area contributed by atoms with E-state index in [1.54, 1.807) is 0 Å². The quantitative estimate of drug-likeness (QED) is 0.300. The molecular formula is C22H19BrClNO. The Labute approximate surface area is 166 Å². The van der Waals surface area contributed by atoms with Crippen LogP contribution in [0.5, 0.6) is 5.75 Å².